The number of piperazine rings is 1. The Morgan fingerprint density at radius 2 is 1.79 bits per heavy atom. The molecule has 0 radical (unpaired) electrons. The van der Waals surface area contributed by atoms with Crippen LogP contribution in [0.4, 0.5) is 4.79 Å². The van der Waals surface area contributed by atoms with E-state index in [0.29, 0.717) is 24.7 Å². The first-order valence-electron chi connectivity index (χ1n) is 7.94. The standard InChI is InChI=1S/C16H22ClN3O3S/c1-18(2)16(21)20-8-7-19(9-12-3-5-13(17)6-4-12)14-10-24(22,23)11-15(14)20/h3-6,14-15H,7-11H2,1-2H3/t14-,15+/m0/s1. The molecule has 24 heavy (non-hydrogen) atoms. The summed E-state index contributed by atoms with van der Waals surface area (Å²) >= 11 is 5.92. The molecule has 2 heterocycles. The van der Waals surface area contributed by atoms with Gasteiger partial charge in [-0.2, -0.15) is 0 Å². The van der Waals surface area contributed by atoms with E-state index in [1.807, 2.05) is 24.3 Å². The van der Waals surface area contributed by atoms with Crippen molar-refractivity contribution in [3.05, 3.63) is 34.9 Å². The third kappa shape index (κ3) is 3.53. The Kier molecular flexibility index (Phi) is 4.77. The number of carbonyl (C=O) groups is 1. The highest BCUT2D eigenvalue weighted by Gasteiger charge is 2.48. The first-order valence-corrected chi connectivity index (χ1v) is 10.1. The van der Waals surface area contributed by atoms with Crippen molar-refractivity contribution >= 4 is 27.5 Å². The predicted molar refractivity (Wildman–Crippen MR) is 93.9 cm³/mol. The van der Waals surface area contributed by atoms with Crippen molar-refractivity contribution in [3.63, 3.8) is 0 Å². The molecule has 132 valence electrons. The van der Waals surface area contributed by atoms with Crippen LogP contribution in [0.1, 0.15) is 5.56 Å². The smallest absolute Gasteiger partial charge is 0.319 e. The average Bonchev–Trinajstić information content (AvgIpc) is 2.84. The molecule has 6 nitrogen and oxygen atoms in total. The number of halogens is 1. The number of fused-ring (bicyclic) bond motifs is 1. The van der Waals surface area contributed by atoms with Crippen LogP contribution < -0.4 is 0 Å². The van der Waals surface area contributed by atoms with Crippen LogP contribution in [-0.4, -0.2) is 79.9 Å². The van der Waals surface area contributed by atoms with Crippen LogP contribution >= 0.6 is 11.6 Å². The Bertz CT molecular complexity index is 721. The van der Waals surface area contributed by atoms with Gasteiger partial charge in [0, 0.05) is 44.8 Å². The summed E-state index contributed by atoms with van der Waals surface area (Å²) in [5, 5.41) is 0.682. The summed E-state index contributed by atoms with van der Waals surface area (Å²) in [5.41, 5.74) is 1.09. The Hall–Kier alpha value is -1.31. The van der Waals surface area contributed by atoms with Gasteiger partial charge in [-0.1, -0.05) is 23.7 Å². The minimum absolute atomic E-state index is 0.0500. The Balaban J connectivity index is 1.81. The van der Waals surface area contributed by atoms with Crippen molar-refractivity contribution in [2.24, 2.45) is 0 Å². The molecule has 0 N–H and O–H groups in total. The SMILES string of the molecule is CN(C)C(=O)N1CCN(Cc2ccc(Cl)cc2)[C@H]2CS(=O)(=O)C[C@H]21. The number of benzene rings is 1. The molecule has 1 aromatic carbocycles. The molecule has 2 aliphatic rings. The second kappa shape index (κ2) is 6.54. The van der Waals surface area contributed by atoms with E-state index in [1.165, 1.54) is 4.90 Å². The number of urea groups is 1. The van der Waals surface area contributed by atoms with Crippen LogP contribution in [0.5, 0.6) is 0 Å². The minimum atomic E-state index is -3.13. The van der Waals surface area contributed by atoms with E-state index in [0.717, 1.165) is 5.56 Å². The van der Waals surface area contributed by atoms with E-state index < -0.39 is 9.84 Å². The minimum Gasteiger partial charge on any atom is -0.331 e. The topological polar surface area (TPSA) is 60.9 Å². The fourth-order valence-corrected chi connectivity index (χ4v) is 5.68. The van der Waals surface area contributed by atoms with Crippen molar-refractivity contribution in [3.8, 4) is 0 Å². The average molecular weight is 372 g/mol. The number of amides is 2. The van der Waals surface area contributed by atoms with Crippen LogP contribution in [0.3, 0.4) is 0 Å². The molecule has 0 aliphatic carbocycles. The largest absolute Gasteiger partial charge is 0.331 e. The molecule has 2 aliphatic heterocycles. The van der Waals surface area contributed by atoms with Gasteiger partial charge >= 0.3 is 6.03 Å². The summed E-state index contributed by atoms with van der Waals surface area (Å²) in [7, 11) is 0.263. The lowest BCUT2D eigenvalue weighted by Crippen LogP contribution is -2.61. The number of carbonyl (C=O) groups excluding carboxylic acids is 1. The molecule has 8 heteroatoms. The number of nitrogens with zero attached hydrogens (tertiary/aromatic N) is 3. The molecule has 0 unspecified atom stereocenters. The molecule has 2 amide bonds. The molecule has 2 atom stereocenters. The van der Waals surface area contributed by atoms with Gasteiger partial charge in [-0.3, -0.25) is 4.90 Å². The third-order valence-electron chi connectivity index (χ3n) is 4.72. The van der Waals surface area contributed by atoms with Gasteiger partial charge in [0.1, 0.15) is 0 Å². The van der Waals surface area contributed by atoms with Crippen LogP contribution in [0.15, 0.2) is 24.3 Å². The summed E-state index contributed by atoms with van der Waals surface area (Å²) in [6, 6.07) is 7.05. The van der Waals surface area contributed by atoms with E-state index in [1.54, 1.807) is 19.0 Å². The van der Waals surface area contributed by atoms with Crippen molar-refractivity contribution in [1.82, 2.24) is 14.7 Å². The molecule has 0 aromatic heterocycles. The van der Waals surface area contributed by atoms with Gasteiger partial charge in [-0.15, -0.1) is 0 Å². The van der Waals surface area contributed by atoms with E-state index >= 15 is 0 Å². The second-order valence-electron chi connectivity index (χ2n) is 6.68. The molecule has 0 bridgehead atoms. The lowest BCUT2D eigenvalue weighted by Gasteiger charge is -2.44. The molecular formula is C16H22ClN3O3S. The number of sulfone groups is 1. The zero-order valence-corrected chi connectivity index (χ0v) is 15.4. The zero-order valence-electron chi connectivity index (χ0n) is 13.9. The molecule has 0 spiro atoms. The van der Waals surface area contributed by atoms with Crippen molar-refractivity contribution in [2.75, 3.05) is 38.7 Å². The van der Waals surface area contributed by atoms with Gasteiger partial charge in [0.05, 0.1) is 17.5 Å². The van der Waals surface area contributed by atoms with Crippen molar-refractivity contribution in [2.45, 2.75) is 18.6 Å². The van der Waals surface area contributed by atoms with E-state index in [9.17, 15) is 13.2 Å². The second-order valence-corrected chi connectivity index (χ2v) is 9.27. The van der Waals surface area contributed by atoms with Crippen LogP contribution in [-0.2, 0) is 16.4 Å². The molecule has 0 saturated carbocycles. The summed E-state index contributed by atoms with van der Waals surface area (Å²) in [6.07, 6.45) is 0. The maximum Gasteiger partial charge on any atom is 0.319 e. The molecule has 2 saturated heterocycles. The lowest BCUT2D eigenvalue weighted by molar-refractivity contribution is 0.0521. The summed E-state index contributed by atoms with van der Waals surface area (Å²) < 4.78 is 24.4. The first kappa shape index (κ1) is 17.5. The molecular weight excluding hydrogens is 350 g/mol. The highest BCUT2D eigenvalue weighted by Crippen LogP contribution is 2.29. The maximum atomic E-state index is 12.4. The Labute approximate surface area is 147 Å². The Morgan fingerprint density at radius 3 is 2.42 bits per heavy atom. The van der Waals surface area contributed by atoms with Gasteiger partial charge in [0.25, 0.3) is 0 Å². The van der Waals surface area contributed by atoms with Crippen LogP contribution in [0, 0.1) is 0 Å². The summed E-state index contributed by atoms with van der Waals surface area (Å²) in [4.78, 5) is 17.8. The lowest BCUT2D eigenvalue weighted by atomic mass is 10.0. The predicted octanol–water partition coefficient (Wildman–Crippen LogP) is 1.30. The van der Waals surface area contributed by atoms with Gasteiger partial charge in [-0.05, 0) is 17.7 Å². The fourth-order valence-electron chi connectivity index (χ4n) is 3.54. The van der Waals surface area contributed by atoms with Gasteiger partial charge < -0.3 is 9.80 Å². The normalized spacial score (nSPS) is 26.2. The van der Waals surface area contributed by atoms with Gasteiger partial charge in [-0.25, -0.2) is 13.2 Å². The molecule has 3 rings (SSSR count). The van der Waals surface area contributed by atoms with E-state index in [4.69, 9.17) is 11.6 Å². The summed E-state index contributed by atoms with van der Waals surface area (Å²) in [5.74, 6) is 0.164. The number of rotatable bonds is 2. The summed E-state index contributed by atoms with van der Waals surface area (Å²) in [6.45, 7) is 1.87. The van der Waals surface area contributed by atoms with Crippen LogP contribution in [0.25, 0.3) is 0 Å². The maximum absolute atomic E-state index is 12.4. The van der Waals surface area contributed by atoms with Crippen LogP contribution in [0.2, 0.25) is 5.02 Å². The quantitative estimate of drug-likeness (QED) is 0.786. The number of hydrogen-bond donors (Lipinski definition) is 0. The zero-order chi connectivity index (χ0) is 17.5. The van der Waals surface area contributed by atoms with Gasteiger partial charge in [0.2, 0.25) is 0 Å². The van der Waals surface area contributed by atoms with E-state index in [-0.39, 0.29) is 29.6 Å². The van der Waals surface area contributed by atoms with Crippen molar-refractivity contribution in [1.29, 1.82) is 0 Å². The third-order valence-corrected chi connectivity index (χ3v) is 6.67. The molecule has 2 fully saturated rings. The van der Waals surface area contributed by atoms with Gasteiger partial charge in [0.15, 0.2) is 9.84 Å². The highest BCUT2D eigenvalue weighted by molar-refractivity contribution is 7.91. The number of hydrogen-bond acceptors (Lipinski definition) is 4. The molecule has 1 aromatic rings. The Morgan fingerprint density at radius 1 is 1.17 bits per heavy atom. The highest BCUT2D eigenvalue weighted by atomic mass is 35.5. The van der Waals surface area contributed by atoms with Crippen molar-refractivity contribution < 1.29 is 13.2 Å². The fraction of sp³-hybridized carbons (Fsp3) is 0.562. The van der Waals surface area contributed by atoms with E-state index in [2.05, 4.69) is 4.90 Å². The monoisotopic (exact) mass is 371 g/mol. The first-order chi connectivity index (χ1) is 11.3.